The minimum Gasteiger partial charge on any atom is -0.469 e. The summed E-state index contributed by atoms with van der Waals surface area (Å²) in [7, 11) is 3.18. The molecule has 134 valence electrons. The molecule has 0 aliphatic heterocycles. The van der Waals surface area contributed by atoms with E-state index >= 15 is 0 Å². The van der Waals surface area contributed by atoms with E-state index in [0.29, 0.717) is 15.8 Å². The zero-order valence-corrected chi connectivity index (χ0v) is 16.6. The molecule has 1 aromatic heterocycles. The van der Waals surface area contributed by atoms with Crippen LogP contribution in [0.25, 0.3) is 10.9 Å². The number of anilines is 1. The van der Waals surface area contributed by atoms with E-state index in [-0.39, 0.29) is 18.3 Å². The van der Waals surface area contributed by atoms with Crippen molar-refractivity contribution >= 4 is 51.1 Å². The number of carbonyl (C=O) groups is 2. The number of alkyl halides is 1. The fourth-order valence-corrected chi connectivity index (χ4v) is 3.42. The monoisotopic (exact) mass is 463 g/mol. The summed E-state index contributed by atoms with van der Waals surface area (Å²) < 4.78 is 7.10. The van der Waals surface area contributed by atoms with Gasteiger partial charge in [0, 0.05) is 22.5 Å². The van der Waals surface area contributed by atoms with E-state index in [1.54, 1.807) is 4.68 Å². The molecule has 0 aliphatic carbocycles. The second kappa shape index (κ2) is 7.86. The highest BCUT2D eigenvalue weighted by atomic mass is 127. The number of hydrogen-bond acceptors (Lipinski definition) is 4. The van der Waals surface area contributed by atoms with Gasteiger partial charge >= 0.3 is 5.97 Å². The number of nitrogens with zero attached hydrogens (tertiary/aromatic N) is 2. The zero-order chi connectivity index (χ0) is 18.7. The molecule has 2 aromatic carbocycles. The van der Waals surface area contributed by atoms with Crippen molar-refractivity contribution < 1.29 is 14.3 Å². The Labute approximate surface area is 164 Å². The van der Waals surface area contributed by atoms with E-state index in [9.17, 15) is 9.59 Å². The Morgan fingerprint density at radius 2 is 2.00 bits per heavy atom. The molecule has 3 aromatic rings. The molecular weight excluding hydrogens is 445 g/mol. The number of esters is 1. The van der Waals surface area contributed by atoms with Crippen LogP contribution < -0.4 is 5.32 Å². The molecule has 1 amide bonds. The number of methoxy groups -OCH3 is 1. The number of fused-ring (bicyclic) bond motifs is 1. The lowest BCUT2D eigenvalue weighted by Crippen LogP contribution is -2.15. The minimum atomic E-state index is -0.291. The Hall–Kier alpha value is -2.42. The van der Waals surface area contributed by atoms with Crippen LogP contribution >= 0.6 is 22.6 Å². The van der Waals surface area contributed by atoms with Crippen molar-refractivity contribution in [1.82, 2.24) is 9.78 Å². The molecule has 0 saturated heterocycles. The van der Waals surface area contributed by atoms with Gasteiger partial charge in [0.15, 0.2) is 5.69 Å². The number of hydrogen-bond donors (Lipinski definition) is 1. The molecule has 0 bridgehead atoms. The number of amides is 1. The summed E-state index contributed by atoms with van der Waals surface area (Å²) in [5.74, 6) is -0.547. The summed E-state index contributed by atoms with van der Waals surface area (Å²) in [5.41, 5.74) is 3.81. The van der Waals surface area contributed by atoms with E-state index in [0.717, 1.165) is 22.0 Å². The van der Waals surface area contributed by atoms with Crippen LogP contribution in [0.1, 0.15) is 21.6 Å². The maximum Gasteiger partial charge on any atom is 0.309 e. The quantitative estimate of drug-likeness (QED) is 0.357. The van der Waals surface area contributed by atoms with Crippen LogP contribution in [0.5, 0.6) is 0 Å². The molecule has 0 aliphatic rings. The van der Waals surface area contributed by atoms with Gasteiger partial charge in [-0.3, -0.25) is 14.3 Å². The number of benzene rings is 2. The molecule has 0 spiro atoms. The third-order valence-corrected chi connectivity index (χ3v) is 4.93. The van der Waals surface area contributed by atoms with Gasteiger partial charge in [-0.25, -0.2) is 0 Å². The molecule has 7 heteroatoms. The number of aryl methyl sites for hydroxylation is 1. The Morgan fingerprint density at radius 1 is 1.23 bits per heavy atom. The predicted molar refractivity (Wildman–Crippen MR) is 109 cm³/mol. The highest BCUT2D eigenvalue weighted by molar-refractivity contribution is 14.1. The van der Waals surface area contributed by atoms with Crippen molar-refractivity contribution in [3.63, 3.8) is 0 Å². The van der Waals surface area contributed by atoms with Gasteiger partial charge in [0.05, 0.1) is 19.0 Å². The smallest absolute Gasteiger partial charge is 0.309 e. The van der Waals surface area contributed by atoms with Gasteiger partial charge in [0.1, 0.15) is 0 Å². The molecule has 1 heterocycles. The third kappa shape index (κ3) is 3.72. The first kappa shape index (κ1) is 18.4. The van der Waals surface area contributed by atoms with Crippen molar-refractivity contribution in [3.05, 3.63) is 59.3 Å². The third-order valence-electron chi connectivity index (χ3n) is 4.11. The van der Waals surface area contributed by atoms with Gasteiger partial charge in [-0.1, -0.05) is 52.9 Å². The van der Waals surface area contributed by atoms with Crippen LogP contribution in [0.15, 0.2) is 42.5 Å². The molecule has 0 fully saturated rings. The van der Waals surface area contributed by atoms with Crippen LogP contribution in [0.3, 0.4) is 0 Å². The van der Waals surface area contributed by atoms with Crippen molar-refractivity contribution in [2.75, 3.05) is 12.4 Å². The molecule has 0 saturated carbocycles. The highest BCUT2D eigenvalue weighted by Gasteiger charge is 2.17. The van der Waals surface area contributed by atoms with Crippen molar-refractivity contribution in [2.24, 2.45) is 7.05 Å². The first-order chi connectivity index (χ1) is 12.5. The lowest BCUT2D eigenvalue weighted by Gasteiger charge is -2.11. The summed E-state index contributed by atoms with van der Waals surface area (Å²) in [6, 6.07) is 13.2. The van der Waals surface area contributed by atoms with Gasteiger partial charge < -0.3 is 10.1 Å². The molecule has 0 atom stereocenters. The van der Waals surface area contributed by atoms with E-state index in [2.05, 4.69) is 33.0 Å². The molecule has 0 unspecified atom stereocenters. The summed E-state index contributed by atoms with van der Waals surface area (Å²) in [5, 5.41) is 8.10. The maximum absolute atomic E-state index is 12.8. The van der Waals surface area contributed by atoms with Gasteiger partial charge in [-0.2, -0.15) is 5.10 Å². The number of ether oxygens (including phenoxy) is 1. The first-order valence-corrected chi connectivity index (χ1v) is 9.53. The van der Waals surface area contributed by atoms with E-state index in [1.165, 1.54) is 7.11 Å². The van der Waals surface area contributed by atoms with E-state index in [4.69, 9.17) is 4.74 Å². The van der Waals surface area contributed by atoms with Crippen LogP contribution in [-0.2, 0) is 27.4 Å². The van der Waals surface area contributed by atoms with Gasteiger partial charge in [-0.15, -0.1) is 0 Å². The molecule has 3 rings (SSSR count). The first-order valence-electron chi connectivity index (χ1n) is 8.01. The van der Waals surface area contributed by atoms with Crippen molar-refractivity contribution in [3.8, 4) is 0 Å². The normalized spacial score (nSPS) is 10.7. The number of halogens is 1. The fraction of sp³-hybridized carbons (Fsp3) is 0.211. The number of rotatable bonds is 5. The lowest BCUT2D eigenvalue weighted by molar-refractivity contribution is -0.139. The van der Waals surface area contributed by atoms with Crippen LogP contribution in [0.2, 0.25) is 0 Å². The summed E-state index contributed by atoms with van der Waals surface area (Å²) in [6.45, 7) is 0. The lowest BCUT2D eigenvalue weighted by atomic mass is 10.1. The average molecular weight is 463 g/mol. The summed E-state index contributed by atoms with van der Waals surface area (Å²) in [6.07, 6.45) is 0.208. The van der Waals surface area contributed by atoms with Crippen molar-refractivity contribution in [1.29, 1.82) is 0 Å². The van der Waals surface area contributed by atoms with Gasteiger partial charge in [0.25, 0.3) is 5.91 Å². The standard InChI is InChI=1S/C19H18IN3O3/c1-23-16-6-4-3-5-14(16)18(22-23)19(25)21-15-8-7-12(9-13(15)11-20)10-17(24)26-2/h3-9H,10-11H2,1-2H3,(H,21,25). The number of para-hydroxylation sites is 1. The Morgan fingerprint density at radius 3 is 2.73 bits per heavy atom. The SMILES string of the molecule is COC(=O)Cc1ccc(NC(=O)c2nn(C)c3ccccc23)c(CI)c1. The van der Waals surface area contributed by atoms with E-state index in [1.807, 2.05) is 49.5 Å². The second-order valence-electron chi connectivity index (χ2n) is 5.82. The molecular formula is C19H18IN3O3. The predicted octanol–water partition coefficient (Wildman–Crippen LogP) is 3.48. The minimum absolute atomic E-state index is 0.208. The van der Waals surface area contributed by atoms with Gasteiger partial charge in [0.2, 0.25) is 0 Å². The Bertz CT molecular complexity index is 981. The number of aromatic nitrogens is 2. The Kier molecular flexibility index (Phi) is 5.55. The summed E-state index contributed by atoms with van der Waals surface area (Å²) in [4.78, 5) is 24.2. The fourth-order valence-electron chi connectivity index (χ4n) is 2.79. The number of nitrogens with one attached hydrogen (secondary N) is 1. The number of carbonyl (C=O) groups excluding carboxylic acids is 2. The van der Waals surface area contributed by atoms with Crippen molar-refractivity contribution in [2.45, 2.75) is 10.8 Å². The zero-order valence-electron chi connectivity index (χ0n) is 14.5. The summed E-state index contributed by atoms with van der Waals surface area (Å²) >= 11 is 2.23. The van der Waals surface area contributed by atoms with Crippen LogP contribution in [0.4, 0.5) is 5.69 Å². The molecule has 0 radical (unpaired) electrons. The molecule has 1 N–H and O–H groups in total. The molecule has 6 nitrogen and oxygen atoms in total. The van der Waals surface area contributed by atoms with E-state index < -0.39 is 0 Å². The molecule has 26 heavy (non-hydrogen) atoms. The maximum atomic E-state index is 12.8. The van der Waals surface area contributed by atoms with Gasteiger partial charge in [-0.05, 0) is 23.3 Å². The van der Waals surface area contributed by atoms with Crippen LogP contribution in [0, 0.1) is 0 Å². The average Bonchev–Trinajstić information content (AvgIpc) is 3.00. The largest absolute Gasteiger partial charge is 0.469 e. The second-order valence-corrected chi connectivity index (χ2v) is 6.58. The van der Waals surface area contributed by atoms with Crippen LogP contribution in [-0.4, -0.2) is 28.8 Å². The topological polar surface area (TPSA) is 73.2 Å². The Balaban J connectivity index is 1.88. The highest BCUT2D eigenvalue weighted by Crippen LogP contribution is 2.23.